The Balaban J connectivity index is 1.39. The second-order valence-electron chi connectivity index (χ2n) is 6.00. The molecule has 0 aromatic carbocycles. The summed E-state index contributed by atoms with van der Waals surface area (Å²) in [6, 6.07) is 0. The second-order valence-corrected chi connectivity index (χ2v) is 6.00. The van der Waals surface area contributed by atoms with Crippen molar-refractivity contribution < 1.29 is 10.0 Å². The number of fused-ring (bicyclic) bond motifs is 5. The van der Waals surface area contributed by atoms with E-state index in [0.29, 0.717) is 30.7 Å². The Kier molecular flexibility index (Phi) is 2.92. The molecule has 0 aromatic rings. The van der Waals surface area contributed by atoms with E-state index in [9.17, 15) is 4.79 Å². The van der Waals surface area contributed by atoms with Crippen LogP contribution in [0.15, 0.2) is 5.16 Å². The molecule has 0 spiro atoms. The van der Waals surface area contributed by atoms with E-state index in [2.05, 4.69) is 10.5 Å². The van der Waals surface area contributed by atoms with Crippen molar-refractivity contribution in [2.24, 2.45) is 40.5 Å². The van der Waals surface area contributed by atoms with Crippen LogP contribution in [0.2, 0.25) is 0 Å². The van der Waals surface area contributed by atoms with Crippen molar-refractivity contribution in [3.8, 4) is 0 Å². The number of oxime groups is 1. The van der Waals surface area contributed by atoms with Gasteiger partial charge in [-0.3, -0.25) is 4.79 Å². The van der Waals surface area contributed by atoms with E-state index in [1.54, 1.807) is 0 Å². The van der Waals surface area contributed by atoms with Gasteiger partial charge in [0.05, 0.1) is 0 Å². The third-order valence-corrected chi connectivity index (χ3v) is 5.08. The SMILES string of the molecule is NC(CCCNC(=O)C1C2C3CCC(C3)C12)=NO. The van der Waals surface area contributed by atoms with Gasteiger partial charge in [-0.15, -0.1) is 0 Å². The molecule has 0 aliphatic heterocycles. The molecule has 0 radical (unpaired) electrons. The predicted octanol–water partition coefficient (Wildman–Crippen LogP) is 0.921. The fourth-order valence-electron chi connectivity index (χ4n) is 4.32. The van der Waals surface area contributed by atoms with E-state index in [-0.39, 0.29) is 11.7 Å². The smallest absolute Gasteiger partial charge is 0.223 e. The number of nitrogens with one attached hydrogen (secondary N) is 1. The number of nitrogens with two attached hydrogens (primary N) is 1. The summed E-state index contributed by atoms with van der Waals surface area (Å²) in [5.74, 6) is 3.85. The molecule has 18 heavy (non-hydrogen) atoms. The van der Waals surface area contributed by atoms with Gasteiger partial charge < -0.3 is 16.3 Å². The first kappa shape index (κ1) is 11.8. The number of hydrogen-bond donors (Lipinski definition) is 3. The fourth-order valence-corrected chi connectivity index (χ4v) is 4.32. The predicted molar refractivity (Wildman–Crippen MR) is 67.0 cm³/mol. The van der Waals surface area contributed by atoms with Crippen molar-refractivity contribution in [1.29, 1.82) is 0 Å². The number of amidine groups is 1. The van der Waals surface area contributed by atoms with Crippen LogP contribution in [0.3, 0.4) is 0 Å². The molecule has 0 aromatic heterocycles. The van der Waals surface area contributed by atoms with Gasteiger partial charge in [0.25, 0.3) is 0 Å². The molecule has 3 aliphatic rings. The van der Waals surface area contributed by atoms with E-state index in [0.717, 1.165) is 18.3 Å². The first-order chi connectivity index (χ1) is 8.72. The Hall–Kier alpha value is -1.26. The Labute approximate surface area is 107 Å². The molecule has 1 amide bonds. The molecule has 5 nitrogen and oxygen atoms in total. The monoisotopic (exact) mass is 251 g/mol. The average molecular weight is 251 g/mol. The quantitative estimate of drug-likeness (QED) is 0.223. The van der Waals surface area contributed by atoms with Crippen LogP contribution in [-0.4, -0.2) is 23.5 Å². The lowest BCUT2D eigenvalue weighted by Crippen LogP contribution is -2.29. The average Bonchev–Trinajstić information content (AvgIpc) is 2.83. The third kappa shape index (κ3) is 1.85. The van der Waals surface area contributed by atoms with Crippen LogP contribution in [0, 0.1) is 29.6 Å². The highest BCUT2D eigenvalue weighted by atomic mass is 16.4. The largest absolute Gasteiger partial charge is 0.409 e. The summed E-state index contributed by atoms with van der Waals surface area (Å²) in [5, 5.41) is 14.3. The minimum Gasteiger partial charge on any atom is -0.409 e. The van der Waals surface area contributed by atoms with E-state index in [4.69, 9.17) is 10.9 Å². The molecule has 4 unspecified atom stereocenters. The van der Waals surface area contributed by atoms with Gasteiger partial charge >= 0.3 is 0 Å². The van der Waals surface area contributed by atoms with E-state index < -0.39 is 0 Å². The summed E-state index contributed by atoms with van der Waals surface area (Å²) < 4.78 is 0. The van der Waals surface area contributed by atoms with Crippen LogP contribution in [0.4, 0.5) is 0 Å². The van der Waals surface area contributed by atoms with Crippen molar-refractivity contribution in [2.75, 3.05) is 6.54 Å². The number of hydrogen-bond acceptors (Lipinski definition) is 3. The zero-order chi connectivity index (χ0) is 12.7. The lowest BCUT2D eigenvalue weighted by atomic mass is 10.0. The standard InChI is InChI=1S/C13H21N3O2/c14-9(16-18)2-1-5-15-13(17)12-10-7-3-4-8(6-7)11(10)12/h7-8,10-12,18H,1-6H2,(H2,14,16)(H,15,17). The molecule has 4 atom stereocenters. The highest BCUT2D eigenvalue weighted by molar-refractivity contribution is 5.83. The molecule has 0 heterocycles. The maximum Gasteiger partial charge on any atom is 0.223 e. The Morgan fingerprint density at radius 3 is 2.61 bits per heavy atom. The topological polar surface area (TPSA) is 87.7 Å². The molecule has 100 valence electrons. The van der Waals surface area contributed by atoms with Gasteiger partial charge in [-0.05, 0) is 49.4 Å². The number of carbonyl (C=O) groups is 1. The lowest BCUT2D eigenvalue weighted by molar-refractivity contribution is -0.123. The van der Waals surface area contributed by atoms with Crippen LogP contribution in [0.25, 0.3) is 0 Å². The van der Waals surface area contributed by atoms with Gasteiger partial charge in [-0.1, -0.05) is 5.16 Å². The summed E-state index contributed by atoms with van der Waals surface area (Å²) in [4.78, 5) is 12.0. The zero-order valence-electron chi connectivity index (χ0n) is 10.5. The molecular formula is C13H21N3O2. The third-order valence-electron chi connectivity index (χ3n) is 5.08. The normalized spacial score (nSPS) is 40.7. The Morgan fingerprint density at radius 2 is 2.00 bits per heavy atom. The van der Waals surface area contributed by atoms with Crippen molar-refractivity contribution in [2.45, 2.75) is 32.1 Å². The van der Waals surface area contributed by atoms with E-state index in [1.165, 1.54) is 19.3 Å². The second kappa shape index (κ2) is 4.44. The highest BCUT2D eigenvalue weighted by Crippen LogP contribution is 2.69. The van der Waals surface area contributed by atoms with Gasteiger partial charge in [0.15, 0.2) is 0 Å². The van der Waals surface area contributed by atoms with Gasteiger partial charge in [0, 0.05) is 18.9 Å². The van der Waals surface area contributed by atoms with Crippen LogP contribution < -0.4 is 11.1 Å². The lowest BCUT2D eigenvalue weighted by Gasteiger charge is -2.09. The van der Waals surface area contributed by atoms with Gasteiger partial charge in [-0.2, -0.15) is 0 Å². The van der Waals surface area contributed by atoms with Gasteiger partial charge in [0.1, 0.15) is 5.84 Å². The minimum absolute atomic E-state index is 0.227. The minimum atomic E-state index is 0.227. The van der Waals surface area contributed by atoms with E-state index in [1.807, 2.05) is 0 Å². The number of carbonyl (C=O) groups excluding carboxylic acids is 1. The molecule has 5 heteroatoms. The Morgan fingerprint density at radius 1 is 1.33 bits per heavy atom. The molecular weight excluding hydrogens is 230 g/mol. The van der Waals surface area contributed by atoms with E-state index >= 15 is 0 Å². The highest BCUT2D eigenvalue weighted by Gasteiger charge is 2.67. The van der Waals surface area contributed by atoms with Crippen molar-refractivity contribution in [1.82, 2.24) is 5.32 Å². The number of nitrogens with zero attached hydrogens (tertiary/aromatic N) is 1. The molecule has 3 saturated carbocycles. The number of amides is 1. The molecule has 3 rings (SSSR count). The van der Waals surface area contributed by atoms with Crippen LogP contribution in [0.5, 0.6) is 0 Å². The van der Waals surface area contributed by atoms with Crippen LogP contribution >= 0.6 is 0 Å². The summed E-state index contributed by atoms with van der Waals surface area (Å²) in [6.45, 7) is 0.625. The first-order valence-electron chi connectivity index (χ1n) is 6.96. The summed E-state index contributed by atoms with van der Waals surface area (Å²) in [7, 11) is 0. The Bertz CT molecular complexity index is 366. The van der Waals surface area contributed by atoms with Crippen molar-refractivity contribution in [3.05, 3.63) is 0 Å². The molecule has 3 aliphatic carbocycles. The van der Waals surface area contributed by atoms with Crippen molar-refractivity contribution in [3.63, 3.8) is 0 Å². The summed E-state index contributed by atoms with van der Waals surface area (Å²) in [5.41, 5.74) is 5.37. The van der Waals surface area contributed by atoms with Crippen LogP contribution in [-0.2, 0) is 4.79 Å². The van der Waals surface area contributed by atoms with Crippen LogP contribution in [0.1, 0.15) is 32.1 Å². The van der Waals surface area contributed by atoms with Gasteiger partial charge in [-0.25, -0.2) is 0 Å². The first-order valence-corrected chi connectivity index (χ1v) is 6.96. The van der Waals surface area contributed by atoms with Gasteiger partial charge in [0.2, 0.25) is 5.91 Å². The molecule has 4 N–H and O–H groups in total. The van der Waals surface area contributed by atoms with Crippen molar-refractivity contribution >= 4 is 11.7 Å². The number of rotatable bonds is 5. The maximum atomic E-state index is 12.0. The molecule has 3 fully saturated rings. The summed E-state index contributed by atoms with van der Waals surface area (Å²) >= 11 is 0. The summed E-state index contributed by atoms with van der Waals surface area (Å²) in [6.07, 6.45) is 5.33. The fraction of sp³-hybridized carbons (Fsp3) is 0.846. The molecule has 0 saturated heterocycles. The zero-order valence-corrected chi connectivity index (χ0v) is 10.5. The molecule has 2 bridgehead atoms. The maximum absolute atomic E-state index is 12.0.